The number of amidine groups is 1. The van der Waals surface area contributed by atoms with Crippen LogP contribution in [0, 0.1) is 5.41 Å². The largest absolute Gasteiger partial charge is 0.409 e. The number of carbonyl (C=O) groups excluding carboxylic acids is 1. The van der Waals surface area contributed by atoms with Gasteiger partial charge in [0.25, 0.3) is 0 Å². The van der Waals surface area contributed by atoms with Gasteiger partial charge < -0.3 is 20.9 Å². The SMILES string of the molecule is CC(C)N(CCCO)C(=O)C1(C(N)=NO)CCC1. The number of nitrogens with zero attached hydrogens (tertiary/aromatic N) is 2. The first kappa shape index (κ1) is 14.8. The van der Waals surface area contributed by atoms with Gasteiger partial charge >= 0.3 is 0 Å². The fourth-order valence-electron chi connectivity index (χ4n) is 2.32. The van der Waals surface area contributed by atoms with Crippen molar-refractivity contribution in [3.8, 4) is 0 Å². The van der Waals surface area contributed by atoms with Crippen LogP contribution < -0.4 is 5.73 Å². The first-order valence-corrected chi connectivity index (χ1v) is 6.39. The van der Waals surface area contributed by atoms with Gasteiger partial charge in [-0.25, -0.2) is 0 Å². The fraction of sp³-hybridized carbons (Fsp3) is 0.833. The number of rotatable bonds is 6. The highest BCUT2D eigenvalue weighted by molar-refractivity contribution is 6.07. The molecule has 104 valence electrons. The van der Waals surface area contributed by atoms with E-state index in [2.05, 4.69) is 5.16 Å². The molecule has 0 aliphatic heterocycles. The van der Waals surface area contributed by atoms with Crippen LogP contribution in [0.1, 0.15) is 39.5 Å². The van der Waals surface area contributed by atoms with E-state index in [1.54, 1.807) is 4.90 Å². The molecule has 0 aromatic heterocycles. The second kappa shape index (κ2) is 6.04. The predicted octanol–water partition coefficient (Wildman–Crippen LogP) is 0.523. The van der Waals surface area contributed by atoms with Gasteiger partial charge in [0.15, 0.2) is 5.84 Å². The molecule has 1 saturated carbocycles. The van der Waals surface area contributed by atoms with E-state index in [9.17, 15) is 4.79 Å². The number of nitrogens with two attached hydrogens (primary N) is 1. The van der Waals surface area contributed by atoms with Gasteiger partial charge in [-0.1, -0.05) is 11.6 Å². The Bertz CT molecular complexity index is 325. The monoisotopic (exact) mass is 257 g/mol. The predicted molar refractivity (Wildman–Crippen MR) is 68.2 cm³/mol. The summed E-state index contributed by atoms with van der Waals surface area (Å²) in [4.78, 5) is 14.3. The molecule has 0 aromatic carbocycles. The van der Waals surface area contributed by atoms with Crippen molar-refractivity contribution in [3.05, 3.63) is 0 Å². The Morgan fingerprint density at radius 3 is 2.44 bits per heavy atom. The molecule has 0 unspecified atom stereocenters. The van der Waals surface area contributed by atoms with Crippen molar-refractivity contribution in [2.24, 2.45) is 16.3 Å². The molecule has 1 aliphatic rings. The van der Waals surface area contributed by atoms with Crippen LogP contribution in [0.3, 0.4) is 0 Å². The molecule has 1 aliphatic carbocycles. The van der Waals surface area contributed by atoms with Crippen molar-refractivity contribution in [2.45, 2.75) is 45.6 Å². The van der Waals surface area contributed by atoms with Crippen LogP contribution >= 0.6 is 0 Å². The summed E-state index contributed by atoms with van der Waals surface area (Å²) in [5, 5.41) is 20.7. The van der Waals surface area contributed by atoms with E-state index < -0.39 is 5.41 Å². The number of aliphatic hydroxyl groups excluding tert-OH is 1. The van der Waals surface area contributed by atoms with Crippen LogP contribution in [0.2, 0.25) is 0 Å². The van der Waals surface area contributed by atoms with Crippen LogP contribution in [0.4, 0.5) is 0 Å². The highest BCUT2D eigenvalue weighted by Gasteiger charge is 2.50. The lowest BCUT2D eigenvalue weighted by atomic mass is 9.66. The van der Waals surface area contributed by atoms with Gasteiger partial charge in [-0.3, -0.25) is 4.79 Å². The Hall–Kier alpha value is -1.30. The normalized spacial score (nSPS) is 18.6. The first-order chi connectivity index (χ1) is 8.49. The minimum atomic E-state index is -0.825. The van der Waals surface area contributed by atoms with E-state index in [1.165, 1.54) is 0 Å². The van der Waals surface area contributed by atoms with E-state index in [4.69, 9.17) is 16.0 Å². The third-order valence-corrected chi connectivity index (χ3v) is 3.66. The van der Waals surface area contributed by atoms with Gasteiger partial charge in [0.2, 0.25) is 5.91 Å². The minimum Gasteiger partial charge on any atom is -0.409 e. The van der Waals surface area contributed by atoms with Crippen LogP contribution in [-0.4, -0.2) is 46.1 Å². The smallest absolute Gasteiger partial charge is 0.236 e. The van der Waals surface area contributed by atoms with E-state index in [0.29, 0.717) is 25.8 Å². The van der Waals surface area contributed by atoms with Crippen molar-refractivity contribution >= 4 is 11.7 Å². The third-order valence-electron chi connectivity index (χ3n) is 3.66. The molecule has 0 saturated heterocycles. The van der Waals surface area contributed by atoms with Crippen LogP contribution in [0.5, 0.6) is 0 Å². The molecular weight excluding hydrogens is 234 g/mol. The standard InChI is InChI=1S/C12H23N3O3/c1-9(2)15(7-4-8-16)11(17)12(5-3-6-12)10(13)14-18/h9,16,18H,3-8H2,1-2H3,(H2,13,14). The lowest BCUT2D eigenvalue weighted by Crippen LogP contribution is -2.56. The molecule has 0 spiro atoms. The summed E-state index contributed by atoms with van der Waals surface area (Å²) in [6, 6.07) is 0.0352. The summed E-state index contributed by atoms with van der Waals surface area (Å²) in [7, 11) is 0. The summed E-state index contributed by atoms with van der Waals surface area (Å²) in [5.74, 6) is -0.0825. The lowest BCUT2D eigenvalue weighted by molar-refractivity contribution is -0.144. The topological polar surface area (TPSA) is 99.2 Å². The zero-order chi connectivity index (χ0) is 13.8. The molecule has 4 N–H and O–H groups in total. The zero-order valence-corrected chi connectivity index (χ0v) is 11.1. The van der Waals surface area contributed by atoms with Crippen molar-refractivity contribution < 1.29 is 15.1 Å². The number of amides is 1. The Labute approximate surface area is 107 Å². The van der Waals surface area contributed by atoms with E-state index in [0.717, 1.165) is 6.42 Å². The van der Waals surface area contributed by atoms with Crippen LogP contribution in [-0.2, 0) is 4.79 Å². The van der Waals surface area contributed by atoms with Gasteiger partial charge in [0.1, 0.15) is 5.41 Å². The maximum absolute atomic E-state index is 12.6. The maximum atomic E-state index is 12.6. The van der Waals surface area contributed by atoms with E-state index >= 15 is 0 Å². The average molecular weight is 257 g/mol. The highest BCUT2D eigenvalue weighted by atomic mass is 16.4. The van der Waals surface area contributed by atoms with Crippen molar-refractivity contribution in [3.63, 3.8) is 0 Å². The molecule has 1 rings (SSSR count). The fourth-order valence-corrected chi connectivity index (χ4v) is 2.32. The molecule has 1 fully saturated rings. The summed E-state index contributed by atoms with van der Waals surface area (Å²) in [5.41, 5.74) is 4.86. The summed E-state index contributed by atoms with van der Waals surface area (Å²) in [6.07, 6.45) is 2.71. The number of carbonyl (C=O) groups is 1. The van der Waals surface area contributed by atoms with Crippen molar-refractivity contribution in [1.82, 2.24) is 4.90 Å². The summed E-state index contributed by atoms with van der Waals surface area (Å²) in [6.45, 7) is 4.39. The molecule has 0 bridgehead atoms. The quantitative estimate of drug-likeness (QED) is 0.279. The first-order valence-electron chi connectivity index (χ1n) is 6.39. The Balaban J connectivity index is 2.87. The Kier molecular flexibility index (Phi) is 4.95. The van der Waals surface area contributed by atoms with E-state index in [-0.39, 0.29) is 24.4 Å². The number of aliphatic hydroxyl groups is 1. The average Bonchev–Trinajstić information content (AvgIpc) is 2.27. The number of hydrogen-bond donors (Lipinski definition) is 3. The van der Waals surface area contributed by atoms with Crippen molar-refractivity contribution in [1.29, 1.82) is 0 Å². The minimum absolute atomic E-state index is 0.00778. The maximum Gasteiger partial charge on any atom is 0.236 e. The number of hydrogen-bond acceptors (Lipinski definition) is 4. The summed E-state index contributed by atoms with van der Waals surface area (Å²) < 4.78 is 0. The van der Waals surface area contributed by atoms with Gasteiger partial charge in [-0.05, 0) is 33.1 Å². The third kappa shape index (κ3) is 2.58. The molecule has 1 amide bonds. The van der Waals surface area contributed by atoms with Crippen LogP contribution in [0.15, 0.2) is 5.16 Å². The van der Waals surface area contributed by atoms with E-state index in [1.807, 2.05) is 13.8 Å². The second-order valence-corrected chi connectivity index (χ2v) is 5.09. The molecule has 0 radical (unpaired) electrons. The van der Waals surface area contributed by atoms with Gasteiger partial charge in [-0.2, -0.15) is 0 Å². The molecule has 0 aromatic rings. The zero-order valence-electron chi connectivity index (χ0n) is 11.1. The Morgan fingerprint density at radius 2 is 2.11 bits per heavy atom. The van der Waals surface area contributed by atoms with Crippen LogP contribution in [0.25, 0.3) is 0 Å². The molecule has 0 heterocycles. The molecule has 6 heteroatoms. The lowest BCUT2D eigenvalue weighted by Gasteiger charge is -2.43. The van der Waals surface area contributed by atoms with Crippen molar-refractivity contribution in [2.75, 3.05) is 13.2 Å². The Morgan fingerprint density at radius 1 is 1.50 bits per heavy atom. The molecule has 6 nitrogen and oxygen atoms in total. The highest BCUT2D eigenvalue weighted by Crippen LogP contribution is 2.43. The molecule has 0 atom stereocenters. The molecule has 18 heavy (non-hydrogen) atoms. The van der Waals surface area contributed by atoms with Gasteiger partial charge in [0.05, 0.1) is 0 Å². The van der Waals surface area contributed by atoms with Gasteiger partial charge in [-0.15, -0.1) is 0 Å². The second-order valence-electron chi connectivity index (χ2n) is 5.09. The summed E-state index contributed by atoms with van der Waals surface area (Å²) >= 11 is 0. The molecular formula is C12H23N3O3. The number of oxime groups is 1. The van der Waals surface area contributed by atoms with Gasteiger partial charge in [0, 0.05) is 19.2 Å².